The number of hydrogen-bond acceptors (Lipinski definition) is 5. The molecule has 1 N–H and O–H groups in total. The second kappa shape index (κ2) is 9.87. The highest BCUT2D eigenvalue weighted by Gasteiger charge is 2.26. The predicted octanol–water partition coefficient (Wildman–Crippen LogP) is 2.91. The number of hydrogen-bond donors (Lipinski definition) is 1. The Morgan fingerprint density at radius 3 is 2.25 bits per heavy atom. The average Bonchev–Trinajstić information content (AvgIpc) is 2.71. The molecule has 1 atom stereocenters. The SMILES string of the molecule is COc1cc(CN2CCN(Cc3ccc(F)cc3)C(CCO)C2)cc(OC)c1. The van der Waals surface area contributed by atoms with Gasteiger partial charge in [-0.2, -0.15) is 0 Å². The van der Waals surface area contributed by atoms with Gasteiger partial charge in [-0.15, -0.1) is 0 Å². The van der Waals surface area contributed by atoms with Gasteiger partial charge < -0.3 is 14.6 Å². The first kappa shape index (κ1) is 20.6. The van der Waals surface area contributed by atoms with E-state index in [0.717, 1.165) is 61.8 Å². The molecule has 6 heteroatoms. The standard InChI is InChI=1S/C22H29FN2O3/c1-27-21-11-18(12-22(13-21)28-2)14-24-8-9-25(20(16-24)7-10-26)15-17-3-5-19(23)6-4-17/h3-6,11-13,20,26H,7-10,14-16H2,1-2H3. The maximum absolute atomic E-state index is 13.2. The van der Waals surface area contributed by atoms with Crippen molar-refractivity contribution in [2.75, 3.05) is 40.5 Å². The van der Waals surface area contributed by atoms with Gasteiger partial charge in [0.2, 0.25) is 0 Å². The third-order valence-electron chi connectivity index (χ3n) is 5.27. The van der Waals surface area contributed by atoms with Gasteiger partial charge in [-0.3, -0.25) is 9.80 Å². The molecule has 1 fully saturated rings. The van der Waals surface area contributed by atoms with Gasteiger partial charge in [0.15, 0.2) is 0 Å². The molecule has 0 radical (unpaired) electrons. The number of nitrogens with zero attached hydrogens (tertiary/aromatic N) is 2. The Kier molecular flexibility index (Phi) is 7.25. The summed E-state index contributed by atoms with van der Waals surface area (Å²) in [4.78, 5) is 4.78. The molecule has 152 valence electrons. The Balaban J connectivity index is 1.65. The highest BCUT2D eigenvalue weighted by Crippen LogP contribution is 2.25. The van der Waals surface area contributed by atoms with Crippen LogP contribution in [0.4, 0.5) is 4.39 Å². The van der Waals surface area contributed by atoms with Crippen LogP contribution in [0.25, 0.3) is 0 Å². The Hall–Kier alpha value is -2.15. The molecule has 28 heavy (non-hydrogen) atoms. The lowest BCUT2D eigenvalue weighted by Gasteiger charge is -2.41. The summed E-state index contributed by atoms with van der Waals surface area (Å²) in [6.07, 6.45) is 0.721. The van der Waals surface area contributed by atoms with Crippen LogP contribution in [0.5, 0.6) is 11.5 Å². The molecule has 1 heterocycles. The van der Waals surface area contributed by atoms with Crippen molar-refractivity contribution in [1.82, 2.24) is 9.80 Å². The van der Waals surface area contributed by atoms with Crippen molar-refractivity contribution in [2.45, 2.75) is 25.6 Å². The minimum atomic E-state index is -0.214. The van der Waals surface area contributed by atoms with Crippen molar-refractivity contribution in [3.8, 4) is 11.5 Å². The normalized spacial score (nSPS) is 18.2. The summed E-state index contributed by atoms with van der Waals surface area (Å²) in [5.41, 5.74) is 2.24. The molecule has 0 amide bonds. The molecule has 0 aliphatic carbocycles. The lowest BCUT2D eigenvalue weighted by Crippen LogP contribution is -2.52. The topological polar surface area (TPSA) is 45.2 Å². The number of methoxy groups -OCH3 is 2. The zero-order valence-corrected chi connectivity index (χ0v) is 16.6. The second-order valence-corrected chi connectivity index (χ2v) is 7.22. The summed E-state index contributed by atoms with van der Waals surface area (Å²) in [6, 6.07) is 12.9. The van der Waals surface area contributed by atoms with Gasteiger partial charge in [-0.05, 0) is 41.8 Å². The Morgan fingerprint density at radius 2 is 1.64 bits per heavy atom. The van der Waals surface area contributed by atoms with Crippen molar-refractivity contribution < 1.29 is 19.0 Å². The van der Waals surface area contributed by atoms with Crippen LogP contribution in [0, 0.1) is 5.82 Å². The quantitative estimate of drug-likeness (QED) is 0.753. The summed E-state index contributed by atoms with van der Waals surface area (Å²) < 4.78 is 23.9. The molecule has 0 saturated carbocycles. The summed E-state index contributed by atoms with van der Waals surface area (Å²) in [5, 5.41) is 9.52. The maximum Gasteiger partial charge on any atom is 0.123 e. The van der Waals surface area contributed by atoms with Gasteiger partial charge in [0.25, 0.3) is 0 Å². The van der Waals surface area contributed by atoms with E-state index in [2.05, 4.69) is 9.80 Å². The molecule has 0 bridgehead atoms. The molecular weight excluding hydrogens is 359 g/mol. The first-order valence-electron chi connectivity index (χ1n) is 9.65. The lowest BCUT2D eigenvalue weighted by atomic mass is 10.1. The number of halogens is 1. The molecule has 2 aromatic rings. The number of aliphatic hydroxyl groups excluding tert-OH is 1. The fourth-order valence-corrected chi connectivity index (χ4v) is 3.77. The van der Waals surface area contributed by atoms with Crippen molar-refractivity contribution in [1.29, 1.82) is 0 Å². The molecule has 1 aliphatic rings. The molecule has 1 aliphatic heterocycles. The van der Waals surface area contributed by atoms with Crippen LogP contribution in [0.1, 0.15) is 17.5 Å². The van der Waals surface area contributed by atoms with Gasteiger partial charge in [0, 0.05) is 51.4 Å². The van der Waals surface area contributed by atoms with E-state index in [9.17, 15) is 9.50 Å². The Labute approximate surface area is 166 Å². The minimum Gasteiger partial charge on any atom is -0.497 e. The van der Waals surface area contributed by atoms with Gasteiger partial charge in [-0.25, -0.2) is 4.39 Å². The highest BCUT2D eigenvalue weighted by atomic mass is 19.1. The third-order valence-corrected chi connectivity index (χ3v) is 5.27. The lowest BCUT2D eigenvalue weighted by molar-refractivity contribution is 0.0499. The van der Waals surface area contributed by atoms with E-state index in [0.29, 0.717) is 0 Å². The van der Waals surface area contributed by atoms with E-state index in [-0.39, 0.29) is 18.5 Å². The van der Waals surface area contributed by atoms with Crippen LogP contribution in [-0.4, -0.2) is 61.4 Å². The van der Waals surface area contributed by atoms with Gasteiger partial charge in [0.1, 0.15) is 17.3 Å². The van der Waals surface area contributed by atoms with Gasteiger partial charge in [0.05, 0.1) is 14.2 Å². The van der Waals surface area contributed by atoms with E-state index in [1.165, 1.54) is 12.1 Å². The van der Waals surface area contributed by atoms with Crippen molar-refractivity contribution in [3.05, 3.63) is 59.4 Å². The van der Waals surface area contributed by atoms with Crippen LogP contribution in [-0.2, 0) is 13.1 Å². The molecule has 5 nitrogen and oxygen atoms in total. The number of aliphatic hydroxyl groups is 1. The van der Waals surface area contributed by atoms with Crippen LogP contribution in [0.2, 0.25) is 0 Å². The molecular formula is C22H29FN2O3. The Bertz CT molecular complexity index is 732. The largest absolute Gasteiger partial charge is 0.497 e. The average molecular weight is 388 g/mol. The van der Waals surface area contributed by atoms with E-state index in [1.54, 1.807) is 14.2 Å². The zero-order valence-electron chi connectivity index (χ0n) is 16.6. The Morgan fingerprint density at radius 1 is 0.964 bits per heavy atom. The number of piperazine rings is 1. The number of ether oxygens (including phenoxy) is 2. The van der Waals surface area contributed by atoms with Gasteiger partial charge in [-0.1, -0.05) is 12.1 Å². The first-order chi connectivity index (χ1) is 13.6. The predicted molar refractivity (Wildman–Crippen MR) is 107 cm³/mol. The first-order valence-corrected chi connectivity index (χ1v) is 9.65. The summed E-state index contributed by atoms with van der Waals surface area (Å²) in [7, 11) is 3.31. The van der Waals surface area contributed by atoms with E-state index >= 15 is 0 Å². The molecule has 2 aromatic carbocycles. The zero-order chi connectivity index (χ0) is 19.9. The van der Waals surface area contributed by atoms with Crippen LogP contribution in [0.3, 0.4) is 0 Å². The van der Waals surface area contributed by atoms with Crippen LogP contribution in [0.15, 0.2) is 42.5 Å². The smallest absolute Gasteiger partial charge is 0.123 e. The monoisotopic (exact) mass is 388 g/mol. The summed E-state index contributed by atoms with van der Waals surface area (Å²) >= 11 is 0. The number of rotatable bonds is 8. The summed E-state index contributed by atoms with van der Waals surface area (Å²) in [5.74, 6) is 1.36. The fraction of sp³-hybridized carbons (Fsp3) is 0.455. The highest BCUT2D eigenvalue weighted by molar-refractivity contribution is 5.38. The molecule has 0 spiro atoms. The van der Waals surface area contributed by atoms with E-state index in [4.69, 9.17) is 9.47 Å². The third kappa shape index (κ3) is 5.44. The number of benzene rings is 2. The van der Waals surface area contributed by atoms with E-state index in [1.807, 2.05) is 30.3 Å². The van der Waals surface area contributed by atoms with E-state index < -0.39 is 0 Å². The van der Waals surface area contributed by atoms with Crippen molar-refractivity contribution in [3.63, 3.8) is 0 Å². The van der Waals surface area contributed by atoms with Crippen molar-refractivity contribution in [2.24, 2.45) is 0 Å². The minimum absolute atomic E-state index is 0.158. The molecule has 1 unspecified atom stereocenters. The summed E-state index contributed by atoms with van der Waals surface area (Å²) in [6.45, 7) is 4.45. The second-order valence-electron chi connectivity index (χ2n) is 7.22. The fourth-order valence-electron chi connectivity index (χ4n) is 3.77. The van der Waals surface area contributed by atoms with Crippen LogP contribution < -0.4 is 9.47 Å². The molecule has 1 saturated heterocycles. The molecule has 3 rings (SSSR count). The van der Waals surface area contributed by atoms with Gasteiger partial charge >= 0.3 is 0 Å². The van der Waals surface area contributed by atoms with Crippen molar-refractivity contribution >= 4 is 0 Å². The van der Waals surface area contributed by atoms with Crippen LogP contribution >= 0.6 is 0 Å². The molecule has 0 aromatic heterocycles. The maximum atomic E-state index is 13.2.